The largest absolute Gasteiger partial charge is 0.394 e. The SMILES string of the molecule is CN(C)CCN(C)CC(CO)(NC1CC1)c1ccccc1. The lowest BCUT2D eigenvalue weighted by Crippen LogP contribution is -2.54. The van der Waals surface area contributed by atoms with Gasteiger partial charge in [0.05, 0.1) is 12.1 Å². The molecule has 1 fully saturated rings. The summed E-state index contributed by atoms with van der Waals surface area (Å²) in [4.78, 5) is 4.49. The molecule has 0 heterocycles. The Morgan fingerprint density at radius 2 is 1.81 bits per heavy atom. The number of aliphatic hydroxyl groups is 1. The number of aliphatic hydroxyl groups excluding tert-OH is 1. The number of nitrogens with zero attached hydrogens (tertiary/aromatic N) is 2. The second kappa shape index (κ2) is 7.36. The van der Waals surface area contributed by atoms with Crippen LogP contribution in [0.15, 0.2) is 30.3 Å². The van der Waals surface area contributed by atoms with Crippen LogP contribution in [0.2, 0.25) is 0 Å². The van der Waals surface area contributed by atoms with Crippen LogP contribution in [0.25, 0.3) is 0 Å². The van der Waals surface area contributed by atoms with Crippen molar-refractivity contribution in [3.05, 3.63) is 35.9 Å². The summed E-state index contributed by atoms with van der Waals surface area (Å²) in [5.74, 6) is 0. The molecule has 0 saturated heterocycles. The van der Waals surface area contributed by atoms with Crippen LogP contribution in [-0.4, -0.2) is 68.3 Å². The molecule has 1 aromatic rings. The number of likely N-dealkylation sites (N-methyl/N-ethyl adjacent to an activating group) is 2. The lowest BCUT2D eigenvalue weighted by Gasteiger charge is -2.38. The predicted molar refractivity (Wildman–Crippen MR) is 87.4 cm³/mol. The quantitative estimate of drug-likeness (QED) is 0.715. The summed E-state index contributed by atoms with van der Waals surface area (Å²) in [6, 6.07) is 10.9. The van der Waals surface area contributed by atoms with Crippen LogP contribution in [-0.2, 0) is 5.54 Å². The van der Waals surface area contributed by atoms with Gasteiger partial charge >= 0.3 is 0 Å². The predicted octanol–water partition coefficient (Wildman–Crippen LogP) is 1.12. The molecule has 1 saturated carbocycles. The van der Waals surface area contributed by atoms with Gasteiger partial charge in [0.25, 0.3) is 0 Å². The van der Waals surface area contributed by atoms with Gasteiger partial charge in [-0.1, -0.05) is 30.3 Å². The van der Waals surface area contributed by atoms with Crippen molar-refractivity contribution in [3.63, 3.8) is 0 Å². The summed E-state index contributed by atoms with van der Waals surface area (Å²) in [5.41, 5.74) is 0.819. The number of hydrogen-bond donors (Lipinski definition) is 2. The third-order valence-electron chi connectivity index (χ3n) is 4.12. The van der Waals surface area contributed by atoms with E-state index in [2.05, 4.69) is 48.4 Å². The zero-order valence-corrected chi connectivity index (χ0v) is 13.5. The van der Waals surface area contributed by atoms with Gasteiger partial charge in [-0.05, 0) is 39.5 Å². The average Bonchev–Trinajstić information content (AvgIpc) is 3.29. The second-order valence-electron chi connectivity index (χ2n) is 6.57. The van der Waals surface area contributed by atoms with Crippen molar-refractivity contribution in [3.8, 4) is 0 Å². The fourth-order valence-corrected chi connectivity index (χ4v) is 2.69. The van der Waals surface area contributed by atoms with Gasteiger partial charge in [0.2, 0.25) is 0 Å². The molecule has 0 aromatic heterocycles. The first kappa shape index (κ1) is 16.4. The lowest BCUT2D eigenvalue weighted by atomic mass is 9.89. The first-order valence-corrected chi connectivity index (χ1v) is 7.83. The van der Waals surface area contributed by atoms with E-state index in [4.69, 9.17) is 0 Å². The number of hydrogen-bond acceptors (Lipinski definition) is 4. The topological polar surface area (TPSA) is 38.7 Å². The zero-order valence-electron chi connectivity index (χ0n) is 13.5. The highest BCUT2D eigenvalue weighted by molar-refractivity contribution is 5.26. The molecule has 0 aliphatic heterocycles. The molecule has 0 amide bonds. The lowest BCUT2D eigenvalue weighted by molar-refractivity contribution is 0.113. The Bertz CT molecular complexity index is 419. The molecule has 1 aromatic carbocycles. The fourth-order valence-electron chi connectivity index (χ4n) is 2.69. The van der Waals surface area contributed by atoms with Gasteiger partial charge in [0.15, 0.2) is 0 Å². The molecule has 118 valence electrons. The van der Waals surface area contributed by atoms with Gasteiger partial charge in [-0.25, -0.2) is 0 Å². The van der Waals surface area contributed by atoms with E-state index in [0.29, 0.717) is 6.04 Å². The highest BCUT2D eigenvalue weighted by Crippen LogP contribution is 2.29. The molecular formula is C17H29N3O. The maximum atomic E-state index is 10.1. The molecular weight excluding hydrogens is 262 g/mol. The Kier molecular flexibility index (Phi) is 5.76. The van der Waals surface area contributed by atoms with Gasteiger partial charge in [-0.2, -0.15) is 0 Å². The van der Waals surface area contributed by atoms with Crippen molar-refractivity contribution in [2.24, 2.45) is 0 Å². The molecule has 1 aliphatic rings. The Morgan fingerprint density at radius 1 is 1.14 bits per heavy atom. The smallest absolute Gasteiger partial charge is 0.0799 e. The van der Waals surface area contributed by atoms with Crippen LogP contribution in [0.5, 0.6) is 0 Å². The van der Waals surface area contributed by atoms with Crippen LogP contribution in [0.3, 0.4) is 0 Å². The summed E-state index contributed by atoms with van der Waals surface area (Å²) in [6.45, 7) is 2.96. The van der Waals surface area contributed by atoms with E-state index in [1.54, 1.807) is 0 Å². The first-order valence-electron chi connectivity index (χ1n) is 7.83. The number of nitrogens with one attached hydrogen (secondary N) is 1. The molecule has 1 atom stereocenters. The van der Waals surface area contributed by atoms with Crippen LogP contribution < -0.4 is 5.32 Å². The Morgan fingerprint density at radius 3 is 2.33 bits per heavy atom. The molecule has 0 radical (unpaired) electrons. The average molecular weight is 291 g/mol. The molecule has 4 nitrogen and oxygen atoms in total. The maximum Gasteiger partial charge on any atom is 0.0799 e. The summed E-state index contributed by atoms with van der Waals surface area (Å²) in [7, 11) is 6.31. The normalized spacial score (nSPS) is 18.2. The van der Waals surface area contributed by atoms with Gasteiger partial charge in [0.1, 0.15) is 0 Å². The molecule has 2 rings (SSSR count). The van der Waals surface area contributed by atoms with Crippen LogP contribution in [0.4, 0.5) is 0 Å². The minimum atomic E-state index is -0.358. The Labute approximate surface area is 128 Å². The van der Waals surface area contributed by atoms with E-state index >= 15 is 0 Å². The molecule has 1 aliphatic carbocycles. The highest BCUT2D eigenvalue weighted by atomic mass is 16.3. The van der Waals surface area contributed by atoms with Crippen molar-refractivity contribution >= 4 is 0 Å². The minimum Gasteiger partial charge on any atom is -0.394 e. The van der Waals surface area contributed by atoms with Crippen molar-refractivity contribution in [2.75, 3.05) is 47.4 Å². The summed E-state index contributed by atoms with van der Waals surface area (Å²) >= 11 is 0. The van der Waals surface area contributed by atoms with Crippen molar-refractivity contribution in [1.29, 1.82) is 0 Å². The van der Waals surface area contributed by atoms with E-state index < -0.39 is 0 Å². The Balaban J connectivity index is 2.10. The molecule has 0 bridgehead atoms. The third-order valence-corrected chi connectivity index (χ3v) is 4.12. The van der Waals surface area contributed by atoms with Gasteiger partial charge < -0.3 is 20.2 Å². The number of benzene rings is 1. The van der Waals surface area contributed by atoms with E-state index in [9.17, 15) is 5.11 Å². The number of rotatable bonds is 9. The summed E-state index contributed by atoms with van der Waals surface area (Å²) < 4.78 is 0. The van der Waals surface area contributed by atoms with Gasteiger partial charge in [-0.3, -0.25) is 0 Å². The monoisotopic (exact) mass is 291 g/mol. The zero-order chi connectivity index (χ0) is 15.3. The molecule has 2 N–H and O–H groups in total. The van der Waals surface area contributed by atoms with E-state index in [1.807, 2.05) is 18.2 Å². The van der Waals surface area contributed by atoms with Crippen molar-refractivity contribution in [2.45, 2.75) is 24.4 Å². The molecule has 21 heavy (non-hydrogen) atoms. The van der Waals surface area contributed by atoms with Crippen LogP contribution >= 0.6 is 0 Å². The Hall–Kier alpha value is -0.940. The molecule has 4 heteroatoms. The molecule has 1 unspecified atom stereocenters. The minimum absolute atomic E-state index is 0.125. The van der Waals surface area contributed by atoms with Crippen LogP contribution in [0, 0.1) is 0 Å². The summed E-state index contributed by atoms with van der Waals surface area (Å²) in [6.07, 6.45) is 2.44. The summed E-state index contributed by atoms with van der Waals surface area (Å²) in [5, 5.41) is 13.8. The maximum absolute atomic E-state index is 10.1. The van der Waals surface area contributed by atoms with E-state index in [0.717, 1.165) is 19.6 Å². The van der Waals surface area contributed by atoms with E-state index in [1.165, 1.54) is 18.4 Å². The van der Waals surface area contributed by atoms with Gasteiger partial charge in [-0.15, -0.1) is 0 Å². The molecule has 0 spiro atoms. The van der Waals surface area contributed by atoms with Gasteiger partial charge in [0, 0.05) is 25.7 Å². The highest BCUT2D eigenvalue weighted by Gasteiger charge is 2.38. The van der Waals surface area contributed by atoms with Crippen LogP contribution in [0.1, 0.15) is 18.4 Å². The first-order chi connectivity index (χ1) is 10.1. The fraction of sp³-hybridized carbons (Fsp3) is 0.647. The van der Waals surface area contributed by atoms with Crippen molar-refractivity contribution in [1.82, 2.24) is 15.1 Å². The second-order valence-corrected chi connectivity index (χ2v) is 6.57. The standard InChI is InChI=1S/C17H29N3O/c1-19(2)11-12-20(3)13-17(14-21,18-16-9-10-16)15-7-5-4-6-8-15/h4-8,16,18,21H,9-14H2,1-3H3. The van der Waals surface area contributed by atoms with E-state index in [-0.39, 0.29) is 12.1 Å². The van der Waals surface area contributed by atoms with Crippen molar-refractivity contribution < 1.29 is 5.11 Å². The third kappa shape index (κ3) is 4.78.